The molecular formula is C9H13N3O4S. The summed E-state index contributed by atoms with van der Waals surface area (Å²) < 4.78 is 24.7. The number of sulfonamides is 1. The number of hydrogen-bond donors (Lipinski definition) is 1. The number of nitrogens with zero attached hydrogens (tertiary/aromatic N) is 2. The Balaban J connectivity index is 3.38. The second-order valence-corrected chi connectivity index (χ2v) is 5.63. The van der Waals surface area contributed by atoms with Crippen molar-refractivity contribution in [3.8, 4) is 0 Å². The van der Waals surface area contributed by atoms with E-state index in [4.69, 9.17) is 0 Å². The first-order chi connectivity index (χ1) is 7.80. The lowest BCUT2D eigenvalue weighted by Gasteiger charge is -2.12. The van der Waals surface area contributed by atoms with Crippen LogP contribution < -0.4 is 5.32 Å². The number of nitrogens with one attached hydrogen (secondary N) is 1. The standard InChI is InChI=1S/C9H13N3O4S/c1-10-8-6-7(17(15,16)11(2)3)4-5-9(8)12(13)14/h4-6,10H,1-3H3. The maximum atomic E-state index is 11.8. The fourth-order valence-electron chi connectivity index (χ4n) is 1.25. The van der Waals surface area contributed by atoms with Crippen molar-refractivity contribution in [3.63, 3.8) is 0 Å². The summed E-state index contributed by atoms with van der Waals surface area (Å²) in [6, 6.07) is 3.63. The molecule has 1 N–H and O–H groups in total. The third-order valence-corrected chi connectivity index (χ3v) is 4.02. The van der Waals surface area contributed by atoms with Crippen LogP contribution in [0.2, 0.25) is 0 Å². The van der Waals surface area contributed by atoms with Crippen molar-refractivity contribution in [2.45, 2.75) is 4.90 Å². The van der Waals surface area contributed by atoms with E-state index in [1.54, 1.807) is 0 Å². The van der Waals surface area contributed by atoms with Crippen LogP contribution in [-0.4, -0.2) is 38.8 Å². The maximum Gasteiger partial charge on any atom is 0.292 e. The van der Waals surface area contributed by atoms with E-state index < -0.39 is 14.9 Å². The number of anilines is 1. The molecule has 0 radical (unpaired) electrons. The summed E-state index contributed by atoms with van der Waals surface area (Å²) in [5, 5.41) is 13.3. The highest BCUT2D eigenvalue weighted by atomic mass is 32.2. The smallest absolute Gasteiger partial charge is 0.292 e. The summed E-state index contributed by atoms with van der Waals surface area (Å²) in [6.45, 7) is 0. The van der Waals surface area contributed by atoms with Crippen molar-refractivity contribution >= 4 is 21.4 Å². The Morgan fingerprint density at radius 2 is 1.94 bits per heavy atom. The minimum atomic E-state index is -3.58. The fourth-order valence-corrected chi connectivity index (χ4v) is 2.17. The molecule has 1 rings (SSSR count). The lowest BCUT2D eigenvalue weighted by Crippen LogP contribution is -2.22. The Hall–Kier alpha value is -1.67. The molecule has 0 fully saturated rings. The molecule has 0 bridgehead atoms. The summed E-state index contributed by atoms with van der Waals surface area (Å²) in [7, 11) is 0.710. The quantitative estimate of drug-likeness (QED) is 0.640. The highest BCUT2D eigenvalue weighted by Crippen LogP contribution is 2.27. The van der Waals surface area contributed by atoms with Crippen molar-refractivity contribution in [1.82, 2.24) is 4.31 Å². The van der Waals surface area contributed by atoms with Gasteiger partial charge in [-0.15, -0.1) is 0 Å². The van der Waals surface area contributed by atoms with Gasteiger partial charge in [0.1, 0.15) is 5.69 Å². The zero-order valence-corrected chi connectivity index (χ0v) is 10.5. The number of benzene rings is 1. The molecule has 0 amide bonds. The molecule has 0 aliphatic carbocycles. The van der Waals surface area contributed by atoms with Gasteiger partial charge in [-0.05, 0) is 12.1 Å². The highest BCUT2D eigenvalue weighted by Gasteiger charge is 2.21. The zero-order valence-electron chi connectivity index (χ0n) is 9.67. The minimum absolute atomic E-state index is 0.0115. The number of rotatable bonds is 4. The van der Waals surface area contributed by atoms with Crippen molar-refractivity contribution in [2.75, 3.05) is 26.5 Å². The minimum Gasteiger partial charge on any atom is -0.383 e. The number of nitro groups is 1. The predicted octanol–water partition coefficient (Wildman–Crippen LogP) is 0.887. The summed E-state index contributed by atoms with van der Waals surface area (Å²) >= 11 is 0. The van der Waals surface area contributed by atoms with E-state index in [1.165, 1.54) is 39.3 Å². The first-order valence-electron chi connectivity index (χ1n) is 4.69. The van der Waals surface area contributed by atoms with E-state index in [-0.39, 0.29) is 16.3 Å². The Kier molecular flexibility index (Phi) is 3.69. The van der Waals surface area contributed by atoms with Gasteiger partial charge in [-0.3, -0.25) is 10.1 Å². The zero-order chi connectivity index (χ0) is 13.2. The molecule has 0 unspecified atom stereocenters. The Bertz CT molecular complexity index is 539. The Labute approximate surface area is 99.2 Å². The van der Waals surface area contributed by atoms with Crippen LogP contribution in [0.5, 0.6) is 0 Å². The lowest BCUT2D eigenvalue weighted by molar-refractivity contribution is -0.384. The van der Waals surface area contributed by atoms with E-state index in [0.717, 1.165) is 4.31 Å². The third-order valence-electron chi connectivity index (χ3n) is 2.21. The van der Waals surface area contributed by atoms with E-state index in [0.29, 0.717) is 0 Å². The van der Waals surface area contributed by atoms with Crippen LogP contribution in [-0.2, 0) is 10.0 Å². The van der Waals surface area contributed by atoms with E-state index in [9.17, 15) is 18.5 Å². The van der Waals surface area contributed by atoms with Gasteiger partial charge in [0, 0.05) is 27.2 Å². The summed E-state index contributed by atoms with van der Waals surface area (Å²) in [5.74, 6) is 0. The number of hydrogen-bond acceptors (Lipinski definition) is 5. The Morgan fingerprint density at radius 3 is 2.35 bits per heavy atom. The monoisotopic (exact) mass is 259 g/mol. The van der Waals surface area contributed by atoms with Gasteiger partial charge in [0.2, 0.25) is 10.0 Å². The van der Waals surface area contributed by atoms with Crippen molar-refractivity contribution in [1.29, 1.82) is 0 Å². The molecule has 0 saturated carbocycles. The molecule has 17 heavy (non-hydrogen) atoms. The third kappa shape index (κ3) is 2.53. The molecule has 0 aromatic heterocycles. The van der Waals surface area contributed by atoms with Crippen LogP contribution in [0, 0.1) is 10.1 Å². The lowest BCUT2D eigenvalue weighted by atomic mass is 10.3. The van der Waals surface area contributed by atoms with Crippen molar-refractivity contribution in [2.24, 2.45) is 0 Å². The number of nitro benzene ring substituents is 1. The van der Waals surface area contributed by atoms with E-state index in [1.807, 2.05) is 0 Å². The molecule has 0 heterocycles. The van der Waals surface area contributed by atoms with Crippen LogP contribution in [0.25, 0.3) is 0 Å². The molecule has 0 aliphatic rings. The summed E-state index contributed by atoms with van der Waals surface area (Å²) in [5.41, 5.74) is 0.00290. The van der Waals surface area contributed by atoms with Gasteiger partial charge in [0.15, 0.2) is 0 Å². The molecule has 94 valence electrons. The second-order valence-electron chi connectivity index (χ2n) is 3.47. The van der Waals surface area contributed by atoms with Gasteiger partial charge < -0.3 is 5.32 Å². The molecule has 7 nitrogen and oxygen atoms in total. The second kappa shape index (κ2) is 4.68. The Morgan fingerprint density at radius 1 is 1.35 bits per heavy atom. The van der Waals surface area contributed by atoms with Crippen LogP contribution in [0.4, 0.5) is 11.4 Å². The summed E-state index contributed by atoms with van der Waals surface area (Å²) in [6.07, 6.45) is 0. The molecular weight excluding hydrogens is 246 g/mol. The van der Waals surface area contributed by atoms with Crippen molar-refractivity contribution < 1.29 is 13.3 Å². The molecule has 0 saturated heterocycles. The first-order valence-corrected chi connectivity index (χ1v) is 6.13. The molecule has 1 aromatic carbocycles. The highest BCUT2D eigenvalue weighted by molar-refractivity contribution is 7.89. The van der Waals surface area contributed by atoms with Crippen LogP contribution in [0.1, 0.15) is 0 Å². The van der Waals surface area contributed by atoms with Gasteiger partial charge in [-0.1, -0.05) is 0 Å². The SMILES string of the molecule is CNc1cc(S(=O)(=O)N(C)C)ccc1[N+](=O)[O-]. The molecule has 0 atom stereocenters. The van der Waals surface area contributed by atoms with Gasteiger partial charge >= 0.3 is 0 Å². The average molecular weight is 259 g/mol. The van der Waals surface area contributed by atoms with Gasteiger partial charge in [-0.2, -0.15) is 0 Å². The molecule has 0 aliphatic heterocycles. The maximum absolute atomic E-state index is 11.8. The first kappa shape index (κ1) is 13.4. The van der Waals surface area contributed by atoms with Crippen LogP contribution >= 0.6 is 0 Å². The summed E-state index contributed by atoms with van der Waals surface area (Å²) in [4.78, 5) is 10.1. The van der Waals surface area contributed by atoms with Crippen molar-refractivity contribution in [3.05, 3.63) is 28.3 Å². The fraction of sp³-hybridized carbons (Fsp3) is 0.333. The van der Waals surface area contributed by atoms with E-state index in [2.05, 4.69) is 5.32 Å². The average Bonchev–Trinajstić information content (AvgIpc) is 2.27. The molecule has 1 aromatic rings. The molecule has 0 spiro atoms. The largest absolute Gasteiger partial charge is 0.383 e. The van der Waals surface area contributed by atoms with Crippen LogP contribution in [0.3, 0.4) is 0 Å². The topological polar surface area (TPSA) is 92.6 Å². The van der Waals surface area contributed by atoms with Gasteiger partial charge in [0.05, 0.1) is 9.82 Å². The molecule has 8 heteroatoms. The van der Waals surface area contributed by atoms with Crippen LogP contribution in [0.15, 0.2) is 23.1 Å². The predicted molar refractivity (Wildman–Crippen MR) is 63.5 cm³/mol. The van der Waals surface area contributed by atoms with E-state index >= 15 is 0 Å². The normalized spacial score (nSPS) is 11.5. The van der Waals surface area contributed by atoms with Gasteiger partial charge in [0.25, 0.3) is 5.69 Å². The van der Waals surface area contributed by atoms with Gasteiger partial charge in [-0.25, -0.2) is 12.7 Å².